The number of ether oxygens (including phenoxy) is 1. The number of nitrogens with zero attached hydrogens (tertiary/aromatic N) is 6. The number of tetrazole rings is 1. The molecule has 0 bridgehead atoms. The molecular weight excluding hydrogens is 308 g/mol. The van der Waals surface area contributed by atoms with Gasteiger partial charge in [-0.15, -0.1) is 10.2 Å². The van der Waals surface area contributed by atoms with Crippen molar-refractivity contribution in [3.63, 3.8) is 0 Å². The van der Waals surface area contributed by atoms with E-state index in [4.69, 9.17) is 10.00 Å². The average Bonchev–Trinajstić information content (AvgIpc) is 3.09. The lowest BCUT2D eigenvalue weighted by Crippen LogP contribution is -2.24. The smallest absolute Gasteiger partial charge is 0.206 e. The summed E-state index contributed by atoms with van der Waals surface area (Å²) in [6.07, 6.45) is 2.51. The fourth-order valence-corrected chi connectivity index (χ4v) is 1.99. The highest BCUT2D eigenvalue weighted by Gasteiger charge is 2.11. The summed E-state index contributed by atoms with van der Waals surface area (Å²) in [4.78, 5) is 5.31. The molecular formula is C16H14N6O2. The van der Waals surface area contributed by atoms with E-state index in [1.54, 1.807) is 42.7 Å². The summed E-state index contributed by atoms with van der Waals surface area (Å²) in [6.45, 7) is 0.235. The van der Waals surface area contributed by atoms with Gasteiger partial charge in [0.25, 0.3) is 0 Å². The van der Waals surface area contributed by atoms with E-state index in [2.05, 4.69) is 20.4 Å². The zero-order valence-electron chi connectivity index (χ0n) is 12.6. The third-order valence-corrected chi connectivity index (χ3v) is 3.17. The highest BCUT2D eigenvalue weighted by atomic mass is 16.5. The fraction of sp³-hybridized carbons (Fsp3) is 0.188. The van der Waals surface area contributed by atoms with Crippen LogP contribution in [0.1, 0.15) is 5.56 Å². The van der Waals surface area contributed by atoms with E-state index in [1.807, 2.05) is 12.1 Å². The van der Waals surface area contributed by atoms with Crippen LogP contribution in [0.25, 0.3) is 11.4 Å². The Morgan fingerprint density at radius 3 is 2.79 bits per heavy atom. The zero-order valence-corrected chi connectivity index (χ0v) is 12.6. The molecule has 0 saturated carbocycles. The Morgan fingerprint density at radius 1 is 1.25 bits per heavy atom. The molecule has 120 valence electrons. The predicted octanol–water partition coefficient (Wildman–Crippen LogP) is 1.05. The Hall–Kier alpha value is -3.31. The number of nitriles is 1. The number of aliphatic hydroxyl groups excluding tert-OH is 1. The largest absolute Gasteiger partial charge is 0.491 e. The van der Waals surface area contributed by atoms with Crippen molar-refractivity contribution in [3.8, 4) is 23.2 Å². The van der Waals surface area contributed by atoms with E-state index in [9.17, 15) is 5.11 Å². The zero-order chi connectivity index (χ0) is 16.8. The highest BCUT2D eigenvalue weighted by Crippen LogP contribution is 2.12. The molecule has 0 amide bonds. The summed E-state index contributed by atoms with van der Waals surface area (Å²) < 4.78 is 5.47. The van der Waals surface area contributed by atoms with Crippen molar-refractivity contribution in [2.45, 2.75) is 12.6 Å². The Balaban J connectivity index is 1.54. The van der Waals surface area contributed by atoms with Crippen molar-refractivity contribution < 1.29 is 9.84 Å². The van der Waals surface area contributed by atoms with E-state index in [-0.39, 0.29) is 13.2 Å². The standard InChI is InChI=1S/C16H14N6O2/c17-8-12-3-5-15(6-4-12)24-11-14(23)10-22-20-16(19-21-22)13-2-1-7-18-9-13/h1-7,9,14,23H,10-11H2/t14-/m0/s1. The molecule has 0 aliphatic carbocycles. The lowest BCUT2D eigenvalue weighted by atomic mass is 10.2. The van der Waals surface area contributed by atoms with Gasteiger partial charge in [0.15, 0.2) is 0 Å². The minimum Gasteiger partial charge on any atom is -0.491 e. The molecule has 1 aromatic carbocycles. The van der Waals surface area contributed by atoms with Gasteiger partial charge in [0.05, 0.1) is 18.2 Å². The summed E-state index contributed by atoms with van der Waals surface area (Å²) in [5.74, 6) is 1.03. The summed E-state index contributed by atoms with van der Waals surface area (Å²) in [7, 11) is 0. The molecule has 0 aliphatic heterocycles. The molecule has 1 atom stereocenters. The van der Waals surface area contributed by atoms with Crippen LogP contribution in [0.2, 0.25) is 0 Å². The summed E-state index contributed by atoms with van der Waals surface area (Å²) in [5.41, 5.74) is 1.31. The average molecular weight is 322 g/mol. The van der Waals surface area contributed by atoms with Crippen molar-refractivity contribution >= 4 is 0 Å². The lowest BCUT2D eigenvalue weighted by molar-refractivity contribution is 0.0850. The first-order valence-electron chi connectivity index (χ1n) is 7.24. The first-order valence-corrected chi connectivity index (χ1v) is 7.24. The molecule has 0 unspecified atom stereocenters. The second-order valence-electron chi connectivity index (χ2n) is 5.01. The normalized spacial score (nSPS) is 11.7. The van der Waals surface area contributed by atoms with Crippen molar-refractivity contribution in [2.75, 3.05) is 6.61 Å². The van der Waals surface area contributed by atoms with Crippen LogP contribution in [-0.2, 0) is 6.54 Å². The maximum atomic E-state index is 10.0. The number of hydrogen-bond donors (Lipinski definition) is 1. The van der Waals surface area contributed by atoms with Crippen molar-refractivity contribution in [1.29, 1.82) is 5.26 Å². The Kier molecular flexibility index (Phi) is 4.74. The molecule has 0 spiro atoms. The van der Waals surface area contributed by atoms with E-state index in [0.717, 1.165) is 5.56 Å². The monoisotopic (exact) mass is 322 g/mol. The number of rotatable bonds is 6. The fourth-order valence-electron chi connectivity index (χ4n) is 1.99. The topological polar surface area (TPSA) is 110 Å². The molecule has 2 heterocycles. The Bertz CT molecular complexity index is 826. The first-order chi connectivity index (χ1) is 11.7. The highest BCUT2D eigenvalue weighted by molar-refractivity contribution is 5.51. The van der Waals surface area contributed by atoms with E-state index in [0.29, 0.717) is 17.1 Å². The van der Waals surface area contributed by atoms with Crippen LogP contribution >= 0.6 is 0 Å². The molecule has 3 aromatic rings. The first kappa shape index (κ1) is 15.6. The number of pyridine rings is 1. The van der Waals surface area contributed by atoms with Gasteiger partial charge in [0.2, 0.25) is 5.82 Å². The predicted molar refractivity (Wildman–Crippen MR) is 83.7 cm³/mol. The molecule has 0 fully saturated rings. The number of benzene rings is 1. The van der Waals surface area contributed by atoms with Crippen molar-refractivity contribution in [1.82, 2.24) is 25.2 Å². The molecule has 3 rings (SSSR count). The van der Waals surface area contributed by atoms with E-state index in [1.165, 1.54) is 4.80 Å². The Morgan fingerprint density at radius 2 is 2.08 bits per heavy atom. The molecule has 0 aliphatic rings. The van der Waals surface area contributed by atoms with Crippen LogP contribution in [0.15, 0.2) is 48.8 Å². The van der Waals surface area contributed by atoms with Crippen molar-refractivity contribution in [3.05, 3.63) is 54.4 Å². The van der Waals surface area contributed by atoms with Crippen LogP contribution in [0, 0.1) is 11.3 Å². The van der Waals surface area contributed by atoms with Crippen LogP contribution in [-0.4, -0.2) is 43.0 Å². The summed E-state index contributed by atoms with van der Waals surface area (Å²) in [6, 6.07) is 12.3. The SMILES string of the molecule is N#Cc1ccc(OC[C@@H](O)Cn2nnc(-c3cccnc3)n2)cc1. The van der Waals surface area contributed by atoms with Crippen LogP contribution in [0.3, 0.4) is 0 Å². The minimum atomic E-state index is -0.795. The molecule has 0 radical (unpaired) electrons. The third kappa shape index (κ3) is 3.91. The van der Waals surface area contributed by atoms with Gasteiger partial charge in [0.1, 0.15) is 18.5 Å². The minimum absolute atomic E-state index is 0.0790. The molecule has 1 N–H and O–H groups in total. The summed E-state index contributed by atoms with van der Waals surface area (Å²) in [5, 5.41) is 30.8. The lowest BCUT2D eigenvalue weighted by Gasteiger charge is -2.11. The van der Waals surface area contributed by atoms with Gasteiger partial charge in [-0.05, 0) is 41.6 Å². The quantitative estimate of drug-likeness (QED) is 0.722. The maximum absolute atomic E-state index is 10.0. The molecule has 0 saturated heterocycles. The van der Waals surface area contributed by atoms with E-state index < -0.39 is 6.10 Å². The van der Waals surface area contributed by atoms with Gasteiger partial charge in [0, 0.05) is 18.0 Å². The van der Waals surface area contributed by atoms with E-state index >= 15 is 0 Å². The second kappa shape index (κ2) is 7.30. The van der Waals surface area contributed by atoms with Crippen LogP contribution in [0.4, 0.5) is 0 Å². The van der Waals surface area contributed by atoms with Gasteiger partial charge >= 0.3 is 0 Å². The molecule has 24 heavy (non-hydrogen) atoms. The number of aromatic nitrogens is 5. The summed E-state index contributed by atoms with van der Waals surface area (Å²) >= 11 is 0. The van der Waals surface area contributed by atoms with Gasteiger partial charge < -0.3 is 9.84 Å². The molecule has 2 aromatic heterocycles. The van der Waals surface area contributed by atoms with Gasteiger partial charge in [-0.2, -0.15) is 10.1 Å². The van der Waals surface area contributed by atoms with Crippen LogP contribution < -0.4 is 4.74 Å². The van der Waals surface area contributed by atoms with Gasteiger partial charge in [-0.25, -0.2) is 0 Å². The maximum Gasteiger partial charge on any atom is 0.206 e. The molecule has 8 nitrogen and oxygen atoms in total. The second-order valence-corrected chi connectivity index (χ2v) is 5.01. The van der Waals surface area contributed by atoms with Gasteiger partial charge in [-0.3, -0.25) is 4.98 Å². The van der Waals surface area contributed by atoms with Crippen LogP contribution in [0.5, 0.6) is 5.75 Å². The number of hydrogen-bond acceptors (Lipinski definition) is 7. The Labute approximate surface area is 138 Å². The van der Waals surface area contributed by atoms with Crippen molar-refractivity contribution in [2.24, 2.45) is 0 Å². The third-order valence-electron chi connectivity index (χ3n) is 3.17. The number of aliphatic hydroxyl groups is 1. The molecule has 8 heteroatoms. The van der Waals surface area contributed by atoms with Gasteiger partial charge in [-0.1, -0.05) is 0 Å².